The topological polar surface area (TPSA) is 98.1 Å². The molecule has 0 fully saturated rings. The van der Waals surface area contributed by atoms with E-state index < -0.39 is 27.2 Å². The van der Waals surface area contributed by atoms with Gasteiger partial charge < -0.3 is 15.4 Å². The third kappa shape index (κ3) is 3.12. The zero-order chi connectivity index (χ0) is 18.1. The van der Waals surface area contributed by atoms with E-state index in [1.807, 2.05) is 20.8 Å². The fraction of sp³-hybridized carbons (Fsp3) is 0.647. The molecule has 6 nitrogen and oxygen atoms in total. The zero-order valence-electron chi connectivity index (χ0n) is 14.5. The molecule has 0 spiro atoms. The van der Waals surface area contributed by atoms with Gasteiger partial charge in [-0.1, -0.05) is 33.6 Å². The molecule has 24 heavy (non-hydrogen) atoms. The van der Waals surface area contributed by atoms with E-state index in [1.54, 1.807) is 0 Å². The van der Waals surface area contributed by atoms with Crippen LogP contribution >= 0.6 is 0 Å². The summed E-state index contributed by atoms with van der Waals surface area (Å²) < 4.78 is 25.9. The minimum Gasteiger partial charge on any atom is -0.504 e. The molecule has 0 saturated heterocycles. The fourth-order valence-electron chi connectivity index (χ4n) is 3.59. The van der Waals surface area contributed by atoms with Crippen molar-refractivity contribution in [2.45, 2.75) is 69.4 Å². The summed E-state index contributed by atoms with van der Waals surface area (Å²) in [6.45, 7) is 5.77. The highest BCUT2D eigenvalue weighted by atomic mass is 32.2. The van der Waals surface area contributed by atoms with Crippen molar-refractivity contribution in [3.8, 4) is 11.5 Å². The van der Waals surface area contributed by atoms with E-state index in [-0.39, 0.29) is 16.4 Å². The summed E-state index contributed by atoms with van der Waals surface area (Å²) in [6.07, 6.45) is 3.26. The molecule has 1 heterocycles. The summed E-state index contributed by atoms with van der Waals surface area (Å²) >= 11 is 0. The lowest BCUT2D eigenvalue weighted by Crippen LogP contribution is -2.51. The van der Waals surface area contributed by atoms with Crippen molar-refractivity contribution in [1.82, 2.24) is 5.06 Å². The molecule has 2 atom stereocenters. The Morgan fingerprint density at radius 1 is 1.21 bits per heavy atom. The number of rotatable bonds is 5. The first-order chi connectivity index (χ1) is 11.2. The van der Waals surface area contributed by atoms with Gasteiger partial charge in [0.15, 0.2) is 21.3 Å². The number of phenolic OH excluding ortho intramolecular Hbond substituents is 2. The summed E-state index contributed by atoms with van der Waals surface area (Å²) in [6, 6.07) is 1.80. The van der Waals surface area contributed by atoms with Crippen LogP contribution in [0.1, 0.15) is 64.5 Å². The molecule has 2 rings (SSSR count). The number of phenols is 2. The van der Waals surface area contributed by atoms with Crippen LogP contribution in [0.3, 0.4) is 0 Å². The van der Waals surface area contributed by atoms with Gasteiger partial charge in [0.2, 0.25) is 0 Å². The van der Waals surface area contributed by atoms with Gasteiger partial charge in [0.05, 0.1) is 22.2 Å². The highest BCUT2D eigenvalue weighted by Gasteiger charge is 2.47. The molecule has 1 aliphatic rings. The molecule has 0 bridgehead atoms. The van der Waals surface area contributed by atoms with Crippen molar-refractivity contribution in [2.24, 2.45) is 0 Å². The number of hydrogen-bond acceptors (Lipinski definition) is 6. The first-order valence-electron chi connectivity index (χ1n) is 8.49. The highest BCUT2D eigenvalue weighted by Crippen LogP contribution is 2.45. The molecule has 0 aromatic heterocycles. The molecule has 0 saturated carbocycles. The predicted octanol–water partition coefficient (Wildman–Crippen LogP) is 3.37. The van der Waals surface area contributed by atoms with Crippen molar-refractivity contribution in [1.29, 1.82) is 0 Å². The Hall–Kier alpha value is -1.31. The summed E-state index contributed by atoms with van der Waals surface area (Å²) in [7, 11) is -3.72. The highest BCUT2D eigenvalue weighted by molar-refractivity contribution is 7.91. The zero-order valence-corrected chi connectivity index (χ0v) is 15.3. The molecule has 2 unspecified atom stereocenters. The molecule has 1 aromatic rings. The SMILES string of the molecule is CCCCC1(CC)CS(=O)(=O)c2cc(O)c(O)cc2C(CC)N1O. The molecule has 0 aliphatic carbocycles. The van der Waals surface area contributed by atoms with E-state index in [1.165, 1.54) is 11.1 Å². The van der Waals surface area contributed by atoms with Gasteiger partial charge in [-0.05, 0) is 30.9 Å². The monoisotopic (exact) mass is 357 g/mol. The van der Waals surface area contributed by atoms with Crippen LogP contribution in [0.4, 0.5) is 0 Å². The lowest BCUT2D eigenvalue weighted by Gasteiger charge is -2.41. The van der Waals surface area contributed by atoms with Crippen molar-refractivity contribution in [3.05, 3.63) is 17.7 Å². The Labute approximate surface area is 143 Å². The number of hydrogen-bond donors (Lipinski definition) is 3. The Morgan fingerprint density at radius 2 is 1.83 bits per heavy atom. The van der Waals surface area contributed by atoms with Gasteiger partial charge in [-0.2, -0.15) is 5.06 Å². The average Bonchev–Trinajstić information content (AvgIpc) is 2.60. The van der Waals surface area contributed by atoms with Crippen LogP contribution in [0.2, 0.25) is 0 Å². The van der Waals surface area contributed by atoms with Crippen molar-refractivity contribution >= 4 is 9.84 Å². The number of sulfone groups is 1. The van der Waals surface area contributed by atoms with Gasteiger partial charge >= 0.3 is 0 Å². The summed E-state index contributed by atoms with van der Waals surface area (Å²) in [4.78, 5) is -0.00414. The van der Waals surface area contributed by atoms with Gasteiger partial charge in [0, 0.05) is 6.07 Å². The third-order valence-electron chi connectivity index (χ3n) is 5.08. The minimum absolute atomic E-state index is 0.00414. The molecular weight excluding hydrogens is 330 g/mol. The van der Waals surface area contributed by atoms with Crippen LogP contribution in [0.15, 0.2) is 17.0 Å². The van der Waals surface area contributed by atoms with Crippen LogP contribution < -0.4 is 0 Å². The molecule has 1 aromatic carbocycles. The lowest BCUT2D eigenvalue weighted by atomic mass is 9.88. The van der Waals surface area contributed by atoms with E-state index in [9.17, 15) is 23.8 Å². The Bertz CT molecular complexity index is 703. The van der Waals surface area contributed by atoms with Crippen molar-refractivity contribution in [2.75, 3.05) is 5.75 Å². The normalized spacial score (nSPS) is 26.8. The molecule has 7 heteroatoms. The van der Waals surface area contributed by atoms with Gasteiger partial charge in [-0.25, -0.2) is 8.42 Å². The quantitative estimate of drug-likeness (QED) is 0.699. The van der Waals surface area contributed by atoms with E-state index in [0.29, 0.717) is 24.8 Å². The second-order valence-electron chi connectivity index (χ2n) is 6.59. The van der Waals surface area contributed by atoms with Gasteiger partial charge in [0.25, 0.3) is 0 Å². The van der Waals surface area contributed by atoms with Crippen LogP contribution in [0.25, 0.3) is 0 Å². The van der Waals surface area contributed by atoms with E-state index >= 15 is 0 Å². The summed E-state index contributed by atoms with van der Waals surface area (Å²) in [5, 5.41) is 31.7. The van der Waals surface area contributed by atoms with Gasteiger partial charge in [0.1, 0.15) is 0 Å². The molecule has 1 aliphatic heterocycles. The first-order valence-corrected chi connectivity index (χ1v) is 10.1. The van der Waals surface area contributed by atoms with Crippen molar-refractivity contribution < 1.29 is 23.8 Å². The number of unbranched alkanes of at least 4 members (excludes halogenated alkanes) is 1. The van der Waals surface area contributed by atoms with E-state index in [4.69, 9.17) is 0 Å². The molecule has 136 valence electrons. The largest absolute Gasteiger partial charge is 0.504 e. The number of benzene rings is 1. The first kappa shape index (κ1) is 19.0. The van der Waals surface area contributed by atoms with Crippen LogP contribution in [-0.2, 0) is 9.84 Å². The average molecular weight is 357 g/mol. The Kier molecular flexibility index (Phi) is 5.47. The number of hydroxylamine groups is 2. The summed E-state index contributed by atoms with van der Waals surface area (Å²) in [5.41, 5.74) is -0.540. The Morgan fingerprint density at radius 3 is 2.38 bits per heavy atom. The number of aromatic hydroxyl groups is 2. The van der Waals surface area contributed by atoms with Crippen LogP contribution in [0.5, 0.6) is 11.5 Å². The van der Waals surface area contributed by atoms with Crippen molar-refractivity contribution in [3.63, 3.8) is 0 Å². The van der Waals surface area contributed by atoms with Crippen LogP contribution in [-0.4, -0.2) is 40.2 Å². The molecular formula is C17H27NO5S. The van der Waals surface area contributed by atoms with Gasteiger partial charge in [-0.3, -0.25) is 0 Å². The molecule has 3 N–H and O–H groups in total. The smallest absolute Gasteiger partial charge is 0.180 e. The molecule has 0 radical (unpaired) electrons. The maximum absolute atomic E-state index is 13.0. The second-order valence-corrected chi connectivity index (χ2v) is 8.55. The fourth-order valence-corrected chi connectivity index (χ4v) is 5.78. The molecule has 0 amide bonds. The van der Waals surface area contributed by atoms with Gasteiger partial charge in [-0.15, -0.1) is 0 Å². The maximum atomic E-state index is 13.0. The van der Waals surface area contributed by atoms with Crippen LogP contribution in [0, 0.1) is 0 Å². The number of nitrogens with zero attached hydrogens (tertiary/aromatic N) is 1. The Balaban J connectivity index is 2.70. The standard InChI is InChI=1S/C17H27NO5S/c1-4-7-8-17(6-3)11-24(22,23)16-10-15(20)14(19)9-12(16)13(5-2)18(17)21/h9-10,13,19-21H,4-8,11H2,1-3H3. The third-order valence-corrected chi connectivity index (χ3v) is 7.02. The lowest BCUT2D eigenvalue weighted by molar-refractivity contribution is -0.203. The number of fused-ring (bicyclic) bond motifs is 1. The predicted molar refractivity (Wildman–Crippen MR) is 91.0 cm³/mol. The maximum Gasteiger partial charge on any atom is 0.180 e. The van der Waals surface area contributed by atoms with E-state index in [0.717, 1.165) is 18.9 Å². The minimum atomic E-state index is -3.72. The second kappa shape index (κ2) is 6.90. The van der Waals surface area contributed by atoms with E-state index in [2.05, 4.69) is 0 Å². The summed E-state index contributed by atoms with van der Waals surface area (Å²) in [5.74, 6) is -1.05.